The van der Waals surface area contributed by atoms with Gasteiger partial charge in [-0.2, -0.15) is 22.3 Å². The molecule has 2 aliphatic heterocycles. The number of aromatic nitrogens is 1. The number of rotatable bonds is 3. The van der Waals surface area contributed by atoms with Crippen LogP contribution in [0.15, 0.2) is 42.6 Å². The van der Waals surface area contributed by atoms with Crippen molar-refractivity contribution < 1.29 is 8.42 Å². The summed E-state index contributed by atoms with van der Waals surface area (Å²) in [7, 11) is -3.48. The summed E-state index contributed by atoms with van der Waals surface area (Å²) in [6, 6.07) is 13.5. The van der Waals surface area contributed by atoms with Crippen LogP contribution in [0.2, 0.25) is 0 Å². The van der Waals surface area contributed by atoms with Crippen molar-refractivity contribution >= 4 is 16.0 Å². The van der Waals surface area contributed by atoms with Gasteiger partial charge in [-0.3, -0.25) is 0 Å². The van der Waals surface area contributed by atoms with E-state index in [2.05, 4.69) is 17.1 Å². The fourth-order valence-corrected chi connectivity index (χ4v) is 5.21. The monoisotopic (exact) mass is 383 g/mol. The van der Waals surface area contributed by atoms with Crippen LogP contribution in [0.5, 0.6) is 0 Å². The van der Waals surface area contributed by atoms with Gasteiger partial charge in [0.15, 0.2) is 0 Å². The lowest BCUT2D eigenvalue weighted by Gasteiger charge is -2.38. The van der Waals surface area contributed by atoms with Crippen molar-refractivity contribution in [3.63, 3.8) is 0 Å². The van der Waals surface area contributed by atoms with E-state index in [-0.39, 0.29) is 0 Å². The van der Waals surface area contributed by atoms with Crippen molar-refractivity contribution in [2.45, 2.75) is 13.0 Å². The molecule has 1 fully saturated rings. The highest BCUT2D eigenvalue weighted by molar-refractivity contribution is 7.86. The van der Waals surface area contributed by atoms with Gasteiger partial charge >= 0.3 is 0 Å². The van der Waals surface area contributed by atoms with Gasteiger partial charge < -0.3 is 4.90 Å². The fraction of sp³-hybridized carbons (Fsp3) is 0.368. The third-order valence-electron chi connectivity index (χ3n) is 5.19. The molecule has 0 radical (unpaired) electrons. The number of hydrogen-bond donors (Lipinski definition) is 0. The average molecular weight is 383 g/mol. The highest BCUT2D eigenvalue weighted by Gasteiger charge is 2.34. The van der Waals surface area contributed by atoms with Gasteiger partial charge in [-0.1, -0.05) is 24.3 Å². The van der Waals surface area contributed by atoms with Gasteiger partial charge in [0, 0.05) is 45.5 Å². The number of piperazine rings is 1. The maximum absolute atomic E-state index is 13.1. The Morgan fingerprint density at radius 1 is 0.963 bits per heavy atom. The third-order valence-corrected chi connectivity index (χ3v) is 7.17. The van der Waals surface area contributed by atoms with Crippen molar-refractivity contribution in [1.29, 1.82) is 5.26 Å². The Morgan fingerprint density at radius 2 is 1.70 bits per heavy atom. The maximum Gasteiger partial charge on any atom is 0.282 e. The van der Waals surface area contributed by atoms with Crippen molar-refractivity contribution in [1.82, 2.24) is 13.6 Å². The molecular weight excluding hydrogens is 362 g/mol. The Labute approximate surface area is 159 Å². The van der Waals surface area contributed by atoms with E-state index >= 15 is 0 Å². The second kappa shape index (κ2) is 7.27. The molecule has 0 aliphatic carbocycles. The lowest BCUT2D eigenvalue weighted by molar-refractivity contribution is 0.313. The zero-order valence-corrected chi connectivity index (χ0v) is 15.8. The van der Waals surface area contributed by atoms with Gasteiger partial charge in [0.25, 0.3) is 10.2 Å². The highest BCUT2D eigenvalue weighted by Crippen LogP contribution is 2.24. The van der Waals surface area contributed by atoms with E-state index in [0.29, 0.717) is 44.8 Å². The van der Waals surface area contributed by atoms with Gasteiger partial charge in [0.05, 0.1) is 11.6 Å². The third kappa shape index (κ3) is 3.54. The van der Waals surface area contributed by atoms with Crippen LogP contribution in [0.1, 0.15) is 16.7 Å². The number of benzene rings is 1. The van der Waals surface area contributed by atoms with Crippen LogP contribution in [0.4, 0.5) is 5.82 Å². The second-order valence-corrected chi connectivity index (χ2v) is 8.69. The van der Waals surface area contributed by atoms with Gasteiger partial charge in [-0.15, -0.1) is 0 Å². The number of fused-ring (bicyclic) bond motifs is 1. The molecule has 2 aliphatic rings. The van der Waals surface area contributed by atoms with E-state index in [4.69, 9.17) is 5.26 Å². The van der Waals surface area contributed by atoms with Gasteiger partial charge in [0.1, 0.15) is 5.82 Å². The smallest absolute Gasteiger partial charge is 0.282 e. The summed E-state index contributed by atoms with van der Waals surface area (Å²) >= 11 is 0. The first-order chi connectivity index (χ1) is 13.1. The van der Waals surface area contributed by atoms with E-state index < -0.39 is 10.2 Å². The van der Waals surface area contributed by atoms with Crippen molar-refractivity contribution in [2.75, 3.05) is 37.6 Å². The lowest BCUT2D eigenvalue weighted by Crippen LogP contribution is -2.54. The van der Waals surface area contributed by atoms with Crippen LogP contribution in [0, 0.1) is 11.3 Å². The predicted molar refractivity (Wildman–Crippen MR) is 102 cm³/mol. The Hall–Kier alpha value is -2.47. The highest BCUT2D eigenvalue weighted by atomic mass is 32.2. The van der Waals surface area contributed by atoms with Crippen LogP contribution < -0.4 is 4.90 Å². The first-order valence-electron chi connectivity index (χ1n) is 9.01. The predicted octanol–water partition coefficient (Wildman–Crippen LogP) is 1.38. The molecule has 27 heavy (non-hydrogen) atoms. The molecule has 0 N–H and O–H groups in total. The molecule has 0 saturated carbocycles. The molecule has 1 aromatic carbocycles. The first kappa shape index (κ1) is 17.9. The summed E-state index contributed by atoms with van der Waals surface area (Å²) in [5.74, 6) is 0.720. The normalized spacial score (nSPS) is 18.7. The number of anilines is 1. The molecule has 0 atom stereocenters. The summed E-state index contributed by atoms with van der Waals surface area (Å²) in [4.78, 5) is 6.34. The minimum absolute atomic E-state index is 0.416. The second-order valence-electron chi connectivity index (χ2n) is 6.76. The van der Waals surface area contributed by atoms with Crippen LogP contribution in [0.3, 0.4) is 0 Å². The van der Waals surface area contributed by atoms with E-state index in [1.54, 1.807) is 26.9 Å². The molecule has 3 heterocycles. The van der Waals surface area contributed by atoms with E-state index in [0.717, 1.165) is 17.8 Å². The molecular formula is C19H21N5O2S. The Balaban J connectivity index is 1.44. The summed E-state index contributed by atoms with van der Waals surface area (Å²) in [6.07, 6.45) is 2.36. The topological polar surface area (TPSA) is 80.5 Å². The van der Waals surface area contributed by atoms with Crippen LogP contribution in [-0.4, -0.2) is 54.7 Å². The molecule has 8 heteroatoms. The lowest BCUT2D eigenvalue weighted by atomic mass is 10.0. The standard InChI is InChI=1S/C19H21N5O2S/c20-14-16-5-7-21-19(13-16)22-9-11-23(12-10-22)27(25,26)24-8-6-17-3-1-2-4-18(17)15-24/h1-5,7,13H,6,8-12,15H2. The SMILES string of the molecule is N#Cc1ccnc(N2CCN(S(=O)(=O)N3CCc4ccccc4C3)CC2)c1. The van der Waals surface area contributed by atoms with Crippen molar-refractivity contribution in [2.24, 2.45) is 0 Å². The summed E-state index contributed by atoms with van der Waals surface area (Å²) in [6.45, 7) is 2.91. The molecule has 0 spiro atoms. The van der Waals surface area contributed by atoms with E-state index in [9.17, 15) is 8.42 Å². The number of nitrogens with zero attached hydrogens (tertiary/aromatic N) is 5. The summed E-state index contributed by atoms with van der Waals surface area (Å²) < 4.78 is 29.3. The molecule has 0 unspecified atom stereocenters. The van der Waals surface area contributed by atoms with Crippen LogP contribution in [0.25, 0.3) is 0 Å². The molecule has 1 aromatic heterocycles. The minimum atomic E-state index is -3.48. The maximum atomic E-state index is 13.1. The minimum Gasteiger partial charge on any atom is -0.354 e. The van der Waals surface area contributed by atoms with Crippen molar-refractivity contribution in [3.05, 3.63) is 59.3 Å². The van der Waals surface area contributed by atoms with E-state index in [1.807, 2.05) is 23.1 Å². The summed E-state index contributed by atoms with van der Waals surface area (Å²) in [5, 5.41) is 9.03. The van der Waals surface area contributed by atoms with Gasteiger partial charge in [-0.05, 0) is 29.7 Å². The molecule has 0 bridgehead atoms. The van der Waals surface area contributed by atoms with Gasteiger partial charge in [-0.25, -0.2) is 4.98 Å². The number of nitriles is 1. The molecule has 2 aromatic rings. The molecule has 0 amide bonds. The molecule has 7 nitrogen and oxygen atoms in total. The fourth-order valence-electron chi connectivity index (χ4n) is 3.64. The first-order valence-corrected chi connectivity index (χ1v) is 10.4. The zero-order chi connectivity index (χ0) is 18.9. The Morgan fingerprint density at radius 3 is 2.44 bits per heavy atom. The quantitative estimate of drug-likeness (QED) is 0.800. The van der Waals surface area contributed by atoms with Crippen LogP contribution >= 0.6 is 0 Å². The largest absolute Gasteiger partial charge is 0.354 e. The van der Waals surface area contributed by atoms with Gasteiger partial charge in [0.2, 0.25) is 0 Å². The molecule has 4 rings (SSSR count). The number of pyridine rings is 1. The Bertz CT molecular complexity index is 978. The molecule has 140 valence electrons. The summed E-state index contributed by atoms with van der Waals surface area (Å²) in [5.41, 5.74) is 2.88. The Kier molecular flexibility index (Phi) is 4.83. The molecule has 1 saturated heterocycles. The van der Waals surface area contributed by atoms with Crippen LogP contribution in [-0.2, 0) is 23.2 Å². The van der Waals surface area contributed by atoms with Crippen molar-refractivity contribution in [3.8, 4) is 6.07 Å². The zero-order valence-electron chi connectivity index (χ0n) is 15.0. The average Bonchev–Trinajstić information content (AvgIpc) is 2.73. The number of hydrogen-bond acceptors (Lipinski definition) is 5. The van der Waals surface area contributed by atoms with E-state index in [1.165, 1.54) is 5.56 Å².